The molecule has 3 nitrogen and oxygen atoms in total. The highest BCUT2D eigenvalue weighted by molar-refractivity contribution is 8.27. The van der Waals surface area contributed by atoms with Gasteiger partial charge < -0.3 is 4.42 Å². The minimum atomic E-state index is -0.117. The summed E-state index contributed by atoms with van der Waals surface area (Å²) >= 11 is 14.3. The summed E-state index contributed by atoms with van der Waals surface area (Å²) in [5, 5.41) is 1.52. The van der Waals surface area contributed by atoms with Crippen LogP contribution in [0, 0.1) is 13.8 Å². The minimum Gasteiger partial charge on any atom is -0.450 e. The molecule has 0 N–H and O–H groups in total. The molecule has 0 aliphatic carbocycles. The molecule has 2 aromatic carbocycles. The van der Waals surface area contributed by atoms with Crippen molar-refractivity contribution in [1.29, 1.82) is 0 Å². The number of carbonyl (C=O) groups excluding carboxylic acids is 1. The van der Waals surface area contributed by atoms with Crippen LogP contribution in [0.3, 0.4) is 0 Å². The smallest absolute Gasteiger partial charge is 0.270 e. The molecule has 4 rings (SSSR count). The van der Waals surface area contributed by atoms with Gasteiger partial charge in [0.25, 0.3) is 5.91 Å². The van der Waals surface area contributed by atoms with E-state index in [9.17, 15) is 4.79 Å². The molecule has 152 valence electrons. The number of rotatable bonds is 5. The summed E-state index contributed by atoms with van der Waals surface area (Å²) in [6, 6.07) is 17.5. The number of hydrogen-bond donors (Lipinski definition) is 0. The van der Waals surface area contributed by atoms with Gasteiger partial charge in [0.2, 0.25) is 0 Å². The Hall–Kier alpha value is -1.99. The Kier molecular flexibility index (Phi) is 6.39. The summed E-state index contributed by atoms with van der Waals surface area (Å²) in [5.41, 5.74) is 4.07. The number of anilines is 1. The van der Waals surface area contributed by atoms with Gasteiger partial charge in [0.05, 0.1) is 10.6 Å². The van der Waals surface area contributed by atoms with E-state index in [2.05, 4.69) is 0 Å². The van der Waals surface area contributed by atoms with E-state index in [1.807, 2.05) is 68.4 Å². The first-order chi connectivity index (χ1) is 14.4. The van der Waals surface area contributed by atoms with Gasteiger partial charge in [-0.2, -0.15) is 0 Å². The molecule has 2 heterocycles. The third-order valence-electron chi connectivity index (χ3n) is 4.63. The predicted octanol–water partition coefficient (Wildman–Crippen LogP) is 7.25. The molecule has 0 radical (unpaired) electrons. The molecule has 0 saturated carbocycles. The summed E-state index contributed by atoms with van der Waals surface area (Å²) in [6.07, 6.45) is 1.76. The van der Waals surface area contributed by atoms with Gasteiger partial charge in [0.15, 0.2) is 9.41 Å². The number of nitrogens with zero attached hydrogens (tertiary/aromatic N) is 1. The largest absolute Gasteiger partial charge is 0.450 e. The van der Waals surface area contributed by atoms with Gasteiger partial charge in [-0.3, -0.25) is 9.69 Å². The molecule has 30 heavy (non-hydrogen) atoms. The summed E-state index contributed by atoms with van der Waals surface area (Å²) in [5.74, 6) is 1.29. The van der Waals surface area contributed by atoms with E-state index in [-0.39, 0.29) is 5.91 Å². The molecule has 0 bridgehead atoms. The number of para-hydroxylation sites is 1. The highest BCUT2D eigenvalue weighted by Crippen LogP contribution is 2.39. The van der Waals surface area contributed by atoms with Crippen LogP contribution < -0.4 is 4.90 Å². The number of benzene rings is 2. The molecule has 1 aliphatic rings. The lowest BCUT2D eigenvalue weighted by molar-refractivity contribution is -0.113. The lowest BCUT2D eigenvalue weighted by atomic mass is 10.1. The second-order valence-corrected chi connectivity index (χ2v) is 9.92. The number of hydrogen-bond acceptors (Lipinski definition) is 5. The van der Waals surface area contributed by atoms with E-state index < -0.39 is 0 Å². The first-order valence-electron chi connectivity index (χ1n) is 9.23. The Bertz CT molecular complexity index is 1130. The average molecular weight is 472 g/mol. The maximum absolute atomic E-state index is 13.1. The quantitative estimate of drug-likeness (QED) is 0.222. The molecular weight excluding hydrogens is 454 g/mol. The molecule has 0 unspecified atom stereocenters. The van der Waals surface area contributed by atoms with Gasteiger partial charge in [0, 0.05) is 16.9 Å². The lowest BCUT2D eigenvalue weighted by Crippen LogP contribution is -2.29. The van der Waals surface area contributed by atoms with Crippen LogP contribution in [0.25, 0.3) is 6.08 Å². The zero-order valence-corrected chi connectivity index (χ0v) is 19.6. The number of thioether (sulfide) groups is 2. The molecule has 7 heteroatoms. The molecule has 1 fully saturated rings. The van der Waals surface area contributed by atoms with E-state index in [0.717, 1.165) is 38.2 Å². The fraction of sp³-hybridized carbons (Fsp3) is 0.130. The fourth-order valence-electron chi connectivity index (χ4n) is 3.17. The normalized spacial score (nSPS) is 15.4. The topological polar surface area (TPSA) is 33.5 Å². The monoisotopic (exact) mass is 471 g/mol. The van der Waals surface area contributed by atoms with Gasteiger partial charge in [-0.15, -0.1) is 0 Å². The third-order valence-corrected chi connectivity index (χ3v) is 7.16. The van der Waals surface area contributed by atoms with Gasteiger partial charge in [-0.1, -0.05) is 77.7 Å². The van der Waals surface area contributed by atoms with E-state index in [0.29, 0.717) is 15.0 Å². The van der Waals surface area contributed by atoms with Gasteiger partial charge in [0.1, 0.15) is 5.76 Å². The average Bonchev–Trinajstić information content (AvgIpc) is 3.27. The van der Waals surface area contributed by atoms with Crippen LogP contribution >= 0.6 is 47.3 Å². The van der Waals surface area contributed by atoms with Crippen LogP contribution in [0.1, 0.15) is 22.5 Å². The van der Waals surface area contributed by atoms with Crippen molar-refractivity contribution >= 4 is 69.3 Å². The second-order valence-electron chi connectivity index (χ2n) is 6.83. The number of amides is 1. The Balaban J connectivity index is 1.49. The third kappa shape index (κ3) is 4.52. The first-order valence-corrected chi connectivity index (χ1v) is 11.8. The lowest BCUT2D eigenvalue weighted by Gasteiger charge is -2.19. The van der Waals surface area contributed by atoms with Crippen molar-refractivity contribution in [1.82, 2.24) is 0 Å². The first kappa shape index (κ1) is 21.2. The van der Waals surface area contributed by atoms with E-state index in [1.165, 1.54) is 11.8 Å². The SMILES string of the molecule is Cc1cccc(C)c1N1C(=O)/C(=C/c2ccc(SCc3ccc(Cl)cc3)o2)SC1=S. The summed E-state index contributed by atoms with van der Waals surface area (Å²) < 4.78 is 6.43. The molecule has 1 saturated heterocycles. The number of carbonyl (C=O) groups is 1. The molecule has 3 aromatic rings. The Morgan fingerprint density at radius 2 is 1.80 bits per heavy atom. The maximum Gasteiger partial charge on any atom is 0.270 e. The van der Waals surface area contributed by atoms with Crippen LogP contribution in [0.5, 0.6) is 0 Å². The molecule has 0 spiro atoms. The summed E-state index contributed by atoms with van der Waals surface area (Å²) in [6.45, 7) is 3.97. The van der Waals surface area contributed by atoms with Crippen molar-refractivity contribution in [3.05, 3.63) is 87.0 Å². The molecule has 1 aromatic heterocycles. The predicted molar refractivity (Wildman–Crippen MR) is 131 cm³/mol. The Morgan fingerprint density at radius 1 is 1.10 bits per heavy atom. The molecule has 1 aliphatic heterocycles. The van der Waals surface area contributed by atoms with E-state index >= 15 is 0 Å². The Labute approximate surface area is 194 Å². The Morgan fingerprint density at radius 3 is 2.50 bits per heavy atom. The number of halogens is 1. The van der Waals surface area contributed by atoms with E-state index in [1.54, 1.807) is 22.7 Å². The van der Waals surface area contributed by atoms with E-state index in [4.69, 9.17) is 28.2 Å². The fourth-order valence-corrected chi connectivity index (χ4v) is 5.37. The standard InChI is InChI=1S/C23H18ClNO2S3/c1-14-4-3-5-15(2)21(14)25-22(26)19(30-23(25)28)12-18-10-11-20(27-18)29-13-16-6-8-17(24)9-7-16/h3-12H,13H2,1-2H3/b19-12-. The van der Waals surface area contributed by atoms with Crippen molar-refractivity contribution in [2.24, 2.45) is 0 Å². The van der Waals surface area contributed by atoms with Crippen molar-refractivity contribution in [2.75, 3.05) is 4.90 Å². The van der Waals surface area contributed by atoms with Gasteiger partial charge in [-0.05, 0) is 54.8 Å². The van der Waals surface area contributed by atoms with Crippen LogP contribution in [0.4, 0.5) is 5.69 Å². The van der Waals surface area contributed by atoms with Gasteiger partial charge in [-0.25, -0.2) is 0 Å². The summed E-state index contributed by atoms with van der Waals surface area (Å²) in [7, 11) is 0. The van der Waals surface area contributed by atoms with Crippen molar-refractivity contribution in [3.63, 3.8) is 0 Å². The second kappa shape index (κ2) is 9.02. The van der Waals surface area contributed by atoms with Crippen molar-refractivity contribution in [3.8, 4) is 0 Å². The van der Waals surface area contributed by atoms with Gasteiger partial charge >= 0.3 is 0 Å². The van der Waals surface area contributed by atoms with Crippen molar-refractivity contribution < 1.29 is 9.21 Å². The highest BCUT2D eigenvalue weighted by Gasteiger charge is 2.35. The molecular formula is C23H18ClNO2S3. The zero-order valence-electron chi connectivity index (χ0n) is 16.3. The van der Waals surface area contributed by atoms with Crippen LogP contribution in [-0.4, -0.2) is 10.2 Å². The maximum atomic E-state index is 13.1. The number of furan rings is 1. The number of aryl methyl sites for hydroxylation is 2. The summed E-state index contributed by atoms with van der Waals surface area (Å²) in [4.78, 5) is 15.2. The van der Waals surface area contributed by atoms with Crippen LogP contribution in [-0.2, 0) is 10.5 Å². The van der Waals surface area contributed by atoms with Crippen LogP contribution in [0.15, 0.2) is 69.0 Å². The van der Waals surface area contributed by atoms with Crippen molar-refractivity contribution in [2.45, 2.75) is 24.7 Å². The molecule has 1 amide bonds. The minimum absolute atomic E-state index is 0.117. The highest BCUT2D eigenvalue weighted by atomic mass is 35.5. The molecule has 0 atom stereocenters. The van der Waals surface area contributed by atoms with Crippen LogP contribution in [0.2, 0.25) is 5.02 Å². The zero-order chi connectivity index (χ0) is 21.3. The number of thiocarbonyl (C=S) groups is 1.